The maximum absolute atomic E-state index is 11.0. The van der Waals surface area contributed by atoms with Gasteiger partial charge in [0.2, 0.25) is 0 Å². The highest BCUT2D eigenvalue weighted by atomic mass is 32.2. The average molecular weight is 226 g/mol. The van der Waals surface area contributed by atoms with Crippen LogP contribution in [-0.4, -0.2) is 8.42 Å². The third-order valence-electron chi connectivity index (χ3n) is 2.28. The van der Waals surface area contributed by atoms with Crippen molar-refractivity contribution >= 4 is 10.0 Å². The summed E-state index contributed by atoms with van der Waals surface area (Å²) in [5.74, 6) is 0. The van der Waals surface area contributed by atoms with Crippen LogP contribution in [0.4, 0.5) is 0 Å². The first-order valence-corrected chi connectivity index (χ1v) is 6.61. The van der Waals surface area contributed by atoms with E-state index in [4.69, 9.17) is 5.14 Å². The molecular formula is C11H16NO2S. The van der Waals surface area contributed by atoms with Gasteiger partial charge in [0.15, 0.2) is 0 Å². The monoisotopic (exact) mass is 226 g/mol. The van der Waals surface area contributed by atoms with Gasteiger partial charge in [0.05, 0.1) is 4.90 Å². The fourth-order valence-corrected chi connectivity index (χ4v) is 2.01. The SMILES string of the molecule is CCCCCc1cccc(S([NH])(=O)=O)c1. The average Bonchev–Trinajstić information content (AvgIpc) is 2.17. The number of aryl methyl sites for hydroxylation is 1. The van der Waals surface area contributed by atoms with Crippen molar-refractivity contribution in [2.45, 2.75) is 37.5 Å². The van der Waals surface area contributed by atoms with E-state index >= 15 is 0 Å². The Hall–Kier alpha value is -0.870. The molecule has 1 radical (unpaired) electrons. The lowest BCUT2D eigenvalue weighted by Crippen LogP contribution is -2.01. The molecule has 1 rings (SSSR count). The van der Waals surface area contributed by atoms with Crippen molar-refractivity contribution in [1.29, 1.82) is 0 Å². The summed E-state index contributed by atoms with van der Waals surface area (Å²) in [6.45, 7) is 2.13. The minimum Gasteiger partial charge on any atom is -0.206 e. The molecule has 0 aliphatic heterocycles. The molecular weight excluding hydrogens is 210 g/mol. The van der Waals surface area contributed by atoms with Crippen LogP contribution in [-0.2, 0) is 16.4 Å². The zero-order chi connectivity index (χ0) is 11.3. The Morgan fingerprint density at radius 1 is 1.27 bits per heavy atom. The number of hydrogen-bond donors (Lipinski definition) is 0. The first-order valence-electron chi connectivity index (χ1n) is 5.12. The van der Waals surface area contributed by atoms with E-state index in [0.29, 0.717) is 0 Å². The van der Waals surface area contributed by atoms with Crippen molar-refractivity contribution in [2.75, 3.05) is 0 Å². The molecule has 0 aliphatic rings. The lowest BCUT2D eigenvalue weighted by Gasteiger charge is -2.02. The molecule has 0 aliphatic carbocycles. The molecule has 1 aromatic carbocycles. The van der Waals surface area contributed by atoms with Gasteiger partial charge in [-0.2, -0.15) is 0 Å². The van der Waals surface area contributed by atoms with Gasteiger partial charge < -0.3 is 0 Å². The molecule has 0 atom stereocenters. The fourth-order valence-electron chi connectivity index (χ4n) is 1.45. The zero-order valence-corrected chi connectivity index (χ0v) is 9.68. The van der Waals surface area contributed by atoms with Crippen LogP contribution in [0.5, 0.6) is 0 Å². The van der Waals surface area contributed by atoms with Crippen LogP contribution < -0.4 is 5.14 Å². The van der Waals surface area contributed by atoms with Crippen LogP contribution in [0.1, 0.15) is 31.7 Å². The number of unbranched alkanes of at least 4 members (excludes halogenated alkanes) is 2. The first kappa shape index (κ1) is 12.2. The van der Waals surface area contributed by atoms with Crippen LogP contribution >= 0.6 is 0 Å². The van der Waals surface area contributed by atoms with Crippen molar-refractivity contribution in [3.05, 3.63) is 29.8 Å². The summed E-state index contributed by atoms with van der Waals surface area (Å²) in [4.78, 5) is 0.0940. The van der Waals surface area contributed by atoms with Gasteiger partial charge in [-0.15, -0.1) is 5.14 Å². The Morgan fingerprint density at radius 3 is 2.60 bits per heavy atom. The Balaban J connectivity index is 2.75. The smallest absolute Gasteiger partial charge is 0.206 e. The zero-order valence-electron chi connectivity index (χ0n) is 8.86. The third kappa shape index (κ3) is 4.01. The van der Waals surface area contributed by atoms with E-state index in [0.717, 1.165) is 31.2 Å². The van der Waals surface area contributed by atoms with Crippen molar-refractivity contribution in [3.8, 4) is 0 Å². The molecule has 0 spiro atoms. The molecule has 15 heavy (non-hydrogen) atoms. The molecule has 0 unspecified atom stereocenters. The Labute approximate surface area is 91.4 Å². The summed E-state index contributed by atoms with van der Waals surface area (Å²) in [5.41, 5.74) is 0.997. The maximum Gasteiger partial charge on any atom is 0.254 e. The largest absolute Gasteiger partial charge is 0.254 e. The first-order chi connectivity index (χ1) is 7.04. The standard InChI is InChI=1S/C11H16NO2S/c1-2-3-4-6-10-7-5-8-11(9-10)15(12,13)14/h5,7-9,12H,2-4,6H2,1H3. The highest BCUT2D eigenvalue weighted by Gasteiger charge is 2.08. The van der Waals surface area contributed by atoms with Gasteiger partial charge in [0.25, 0.3) is 10.0 Å². The predicted molar refractivity (Wildman–Crippen MR) is 60.0 cm³/mol. The van der Waals surface area contributed by atoms with E-state index in [1.54, 1.807) is 12.1 Å². The molecule has 0 amide bonds. The van der Waals surface area contributed by atoms with E-state index in [2.05, 4.69) is 6.92 Å². The van der Waals surface area contributed by atoms with Crippen LogP contribution in [0.25, 0.3) is 0 Å². The summed E-state index contributed by atoms with van der Waals surface area (Å²) in [5, 5.41) is 6.95. The van der Waals surface area contributed by atoms with Crippen LogP contribution in [0, 0.1) is 0 Å². The van der Waals surface area contributed by atoms with E-state index < -0.39 is 10.0 Å². The molecule has 3 nitrogen and oxygen atoms in total. The molecule has 0 heterocycles. The van der Waals surface area contributed by atoms with E-state index in [1.165, 1.54) is 6.07 Å². The third-order valence-corrected chi connectivity index (χ3v) is 3.15. The number of nitrogens with one attached hydrogen (secondary N) is 1. The summed E-state index contributed by atoms with van der Waals surface area (Å²) >= 11 is 0. The fraction of sp³-hybridized carbons (Fsp3) is 0.455. The van der Waals surface area contributed by atoms with E-state index in [-0.39, 0.29) is 4.90 Å². The topological polar surface area (TPSA) is 57.9 Å². The Kier molecular flexibility index (Phi) is 4.29. The van der Waals surface area contributed by atoms with Gasteiger partial charge in [-0.3, -0.25) is 0 Å². The van der Waals surface area contributed by atoms with Crippen LogP contribution in [0.15, 0.2) is 29.2 Å². The van der Waals surface area contributed by atoms with Gasteiger partial charge >= 0.3 is 0 Å². The van der Waals surface area contributed by atoms with Crippen molar-refractivity contribution in [2.24, 2.45) is 0 Å². The van der Waals surface area contributed by atoms with Crippen molar-refractivity contribution in [3.63, 3.8) is 0 Å². The van der Waals surface area contributed by atoms with E-state index in [1.807, 2.05) is 6.07 Å². The minimum absolute atomic E-state index is 0.0940. The molecule has 0 saturated heterocycles. The summed E-state index contributed by atoms with van der Waals surface area (Å²) in [7, 11) is -3.81. The number of sulfonamides is 1. The highest BCUT2D eigenvalue weighted by Crippen LogP contribution is 2.13. The molecule has 4 heteroatoms. The highest BCUT2D eigenvalue weighted by molar-refractivity contribution is 7.88. The van der Waals surface area contributed by atoms with Crippen LogP contribution in [0.3, 0.4) is 0 Å². The second-order valence-corrected chi connectivity index (χ2v) is 5.09. The second kappa shape index (κ2) is 5.28. The maximum atomic E-state index is 11.0. The molecule has 0 bridgehead atoms. The van der Waals surface area contributed by atoms with E-state index in [9.17, 15) is 8.42 Å². The Morgan fingerprint density at radius 2 is 2.00 bits per heavy atom. The number of rotatable bonds is 5. The molecule has 1 N–H and O–H groups in total. The summed E-state index contributed by atoms with van der Waals surface area (Å²) in [6.07, 6.45) is 4.25. The predicted octanol–water partition coefficient (Wildman–Crippen LogP) is 2.39. The van der Waals surface area contributed by atoms with Gasteiger partial charge in [0.1, 0.15) is 0 Å². The number of hydrogen-bond acceptors (Lipinski definition) is 2. The normalized spacial score (nSPS) is 11.6. The quantitative estimate of drug-likeness (QED) is 0.724. The second-order valence-electron chi connectivity index (χ2n) is 3.61. The summed E-state index contributed by atoms with van der Waals surface area (Å²) in [6, 6.07) is 6.66. The molecule has 83 valence electrons. The molecule has 1 aromatic rings. The van der Waals surface area contributed by atoms with Crippen LogP contribution in [0.2, 0.25) is 0 Å². The van der Waals surface area contributed by atoms with Gasteiger partial charge in [-0.25, -0.2) is 8.42 Å². The lowest BCUT2D eigenvalue weighted by molar-refractivity contribution is 0.596. The van der Waals surface area contributed by atoms with Gasteiger partial charge in [-0.05, 0) is 30.5 Å². The summed E-state index contributed by atoms with van der Waals surface area (Å²) < 4.78 is 22.0. The Bertz CT molecular complexity index is 412. The number of benzene rings is 1. The van der Waals surface area contributed by atoms with Crippen molar-refractivity contribution < 1.29 is 8.42 Å². The molecule has 0 aromatic heterocycles. The molecule has 0 fully saturated rings. The van der Waals surface area contributed by atoms with Crippen molar-refractivity contribution in [1.82, 2.24) is 5.14 Å². The lowest BCUT2D eigenvalue weighted by atomic mass is 10.1. The van der Waals surface area contributed by atoms with Gasteiger partial charge in [0, 0.05) is 0 Å². The minimum atomic E-state index is -3.81. The molecule has 0 saturated carbocycles. The van der Waals surface area contributed by atoms with Gasteiger partial charge in [-0.1, -0.05) is 31.9 Å².